The molecule has 2 aromatic rings. The second kappa shape index (κ2) is 3.87. The number of rotatable bonds is 3. The lowest BCUT2D eigenvalue weighted by atomic mass is 10.2. The minimum absolute atomic E-state index is 0.599. The lowest BCUT2D eigenvalue weighted by Crippen LogP contribution is -1.95. The molecule has 3 rings (SSSR count). The SMILES string of the molecule is CNc1cccc(-c2nc(C3CC3)nn2C)c1. The zero-order valence-corrected chi connectivity index (χ0v) is 10.1. The Kier molecular flexibility index (Phi) is 2.35. The van der Waals surface area contributed by atoms with Gasteiger partial charge >= 0.3 is 0 Å². The summed E-state index contributed by atoms with van der Waals surface area (Å²) >= 11 is 0. The monoisotopic (exact) mass is 228 g/mol. The van der Waals surface area contributed by atoms with Crippen molar-refractivity contribution in [3.8, 4) is 11.4 Å². The molecule has 17 heavy (non-hydrogen) atoms. The average Bonchev–Trinajstić information content (AvgIpc) is 3.13. The first-order chi connectivity index (χ1) is 8.28. The van der Waals surface area contributed by atoms with Crippen LogP contribution in [0, 0.1) is 0 Å². The Balaban J connectivity index is 2.01. The first-order valence-electron chi connectivity index (χ1n) is 5.97. The summed E-state index contributed by atoms with van der Waals surface area (Å²) in [6.45, 7) is 0. The van der Waals surface area contributed by atoms with Crippen LogP contribution in [0.4, 0.5) is 5.69 Å². The van der Waals surface area contributed by atoms with Crippen LogP contribution in [0.2, 0.25) is 0 Å². The lowest BCUT2D eigenvalue weighted by molar-refractivity contribution is 0.750. The standard InChI is InChI=1S/C13H16N4/c1-14-11-5-3-4-10(8-11)13-15-12(9-6-7-9)16-17(13)2/h3-5,8-9,14H,6-7H2,1-2H3. The topological polar surface area (TPSA) is 42.7 Å². The van der Waals surface area contributed by atoms with E-state index in [0.29, 0.717) is 5.92 Å². The number of hydrogen-bond donors (Lipinski definition) is 1. The van der Waals surface area contributed by atoms with E-state index in [-0.39, 0.29) is 0 Å². The van der Waals surface area contributed by atoms with Crippen LogP contribution in [-0.2, 0) is 7.05 Å². The number of aryl methyl sites for hydroxylation is 1. The number of aromatic nitrogens is 3. The summed E-state index contributed by atoms with van der Waals surface area (Å²) in [7, 11) is 3.88. The maximum absolute atomic E-state index is 4.64. The van der Waals surface area contributed by atoms with Crippen molar-refractivity contribution in [1.29, 1.82) is 0 Å². The van der Waals surface area contributed by atoms with Crippen molar-refractivity contribution >= 4 is 5.69 Å². The van der Waals surface area contributed by atoms with E-state index in [1.54, 1.807) is 0 Å². The summed E-state index contributed by atoms with van der Waals surface area (Å²) in [5.74, 6) is 2.55. The Morgan fingerprint density at radius 1 is 1.35 bits per heavy atom. The van der Waals surface area contributed by atoms with E-state index in [9.17, 15) is 0 Å². The van der Waals surface area contributed by atoms with Crippen LogP contribution in [0.25, 0.3) is 11.4 Å². The van der Waals surface area contributed by atoms with Gasteiger partial charge in [0.15, 0.2) is 11.6 Å². The molecular weight excluding hydrogens is 212 g/mol. The molecule has 0 spiro atoms. The van der Waals surface area contributed by atoms with Gasteiger partial charge in [0.05, 0.1) is 0 Å². The van der Waals surface area contributed by atoms with Crippen molar-refractivity contribution in [3.05, 3.63) is 30.1 Å². The van der Waals surface area contributed by atoms with Crippen LogP contribution in [0.15, 0.2) is 24.3 Å². The fraction of sp³-hybridized carbons (Fsp3) is 0.385. The zero-order chi connectivity index (χ0) is 11.8. The van der Waals surface area contributed by atoms with E-state index in [2.05, 4.69) is 27.5 Å². The summed E-state index contributed by atoms with van der Waals surface area (Å²) in [6.07, 6.45) is 2.47. The molecule has 1 saturated carbocycles. The third kappa shape index (κ3) is 1.90. The van der Waals surface area contributed by atoms with Gasteiger partial charge in [-0.15, -0.1) is 0 Å². The summed E-state index contributed by atoms with van der Waals surface area (Å²) in [6, 6.07) is 8.25. The molecule has 0 saturated heterocycles. The first kappa shape index (κ1) is 10.3. The molecule has 0 unspecified atom stereocenters. The van der Waals surface area contributed by atoms with Gasteiger partial charge in [0.2, 0.25) is 0 Å². The maximum Gasteiger partial charge on any atom is 0.158 e. The van der Waals surface area contributed by atoms with E-state index < -0.39 is 0 Å². The lowest BCUT2D eigenvalue weighted by Gasteiger charge is -2.03. The number of anilines is 1. The first-order valence-corrected chi connectivity index (χ1v) is 5.97. The molecule has 0 atom stereocenters. The van der Waals surface area contributed by atoms with E-state index in [1.165, 1.54) is 12.8 Å². The zero-order valence-electron chi connectivity index (χ0n) is 10.1. The van der Waals surface area contributed by atoms with Crippen molar-refractivity contribution in [2.24, 2.45) is 7.05 Å². The largest absolute Gasteiger partial charge is 0.388 e. The Bertz CT molecular complexity index is 540. The fourth-order valence-corrected chi connectivity index (χ4v) is 1.98. The van der Waals surface area contributed by atoms with Crippen LogP contribution >= 0.6 is 0 Å². The molecule has 4 heteroatoms. The molecule has 1 aromatic carbocycles. The molecule has 1 heterocycles. The highest BCUT2D eigenvalue weighted by Gasteiger charge is 2.28. The van der Waals surface area contributed by atoms with Gasteiger partial charge < -0.3 is 5.32 Å². The van der Waals surface area contributed by atoms with E-state index in [4.69, 9.17) is 0 Å². The predicted molar refractivity (Wildman–Crippen MR) is 68.0 cm³/mol. The van der Waals surface area contributed by atoms with Crippen LogP contribution in [0.5, 0.6) is 0 Å². The highest BCUT2D eigenvalue weighted by Crippen LogP contribution is 2.38. The van der Waals surface area contributed by atoms with Gasteiger partial charge in [-0.05, 0) is 25.0 Å². The Labute approximate surface area is 101 Å². The summed E-state index contributed by atoms with van der Waals surface area (Å²) in [4.78, 5) is 4.64. The van der Waals surface area contributed by atoms with Gasteiger partial charge in [-0.25, -0.2) is 9.67 Å². The van der Waals surface area contributed by atoms with Crippen LogP contribution < -0.4 is 5.32 Å². The molecular formula is C13H16N4. The third-order valence-electron chi connectivity index (χ3n) is 3.13. The van der Waals surface area contributed by atoms with Crippen molar-refractivity contribution in [1.82, 2.24) is 14.8 Å². The van der Waals surface area contributed by atoms with Gasteiger partial charge in [0, 0.05) is 31.3 Å². The van der Waals surface area contributed by atoms with Crippen molar-refractivity contribution in [2.45, 2.75) is 18.8 Å². The van der Waals surface area contributed by atoms with Gasteiger partial charge in [0.25, 0.3) is 0 Å². The Morgan fingerprint density at radius 2 is 2.18 bits per heavy atom. The summed E-state index contributed by atoms with van der Waals surface area (Å²) in [5, 5.41) is 7.63. The van der Waals surface area contributed by atoms with E-state index >= 15 is 0 Å². The quantitative estimate of drug-likeness (QED) is 0.877. The predicted octanol–water partition coefficient (Wildman–Crippen LogP) is 2.40. The fourth-order valence-electron chi connectivity index (χ4n) is 1.98. The second-order valence-corrected chi connectivity index (χ2v) is 4.52. The minimum Gasteiger partial charge on any atom is -0.388 e. The van der Waals surface area contributed by atoms with E-state index in [1.807, 2.05) is 30.9 Å². The number of nitrogens with zero attached hydrogens (tertiary/aromatic N) is 3. The number of benzene rings is 1. The Hall–Kier alpha value is -1.84. The van der Waals surface area contributed by atoms with Crippen molar-refractivity contribution in [3.63, 3.8) is 0 Å². The van der Waals surface area contributed by atoms with E-state index in [0.717, 1.165) is 22.9 Å². The molecule has 0 bridgehead atoms. The Morgan fingerprint density at radius 3 is 2.88 bits per heavy atom. The van der Waals surface area contributed by atoms with Crippen LogP contribution in [-0.4, -0.2) is 21.8 Å². The molecule has 0 radical (unpaired) electrons. The molecule has 0 amide bonds. The van der Waals surface area contributed by atoms with Crippen molar-refractivity contribution < 1.29 is 0 Å². The van der Waals surface area contributed by atoms with Gasteiger partial charge in [-0.3, -0.25) is 0 Å². The van der Waals surface area contributed by atoms with Crippen LogP contribution in [0.1, 0.15) is 24.6 Å². The van der Waals surface area contributed by atoms with Gasteiger partial charge in [-0.1, -0.05) is 12.1 Å². The summed E-state index contributed by atoms with van der Waals surface area (Å²) < 4.78 is 1.88. The maximum atomic E-state index is 4.64. The molecule has 1 N–H and O–H groups in total. The van der Waals surface area contributed by atoms with Gasteiger partial charge in [0.1, 0.15) is 0 Å². The smallest absolute Gasteiger partial charge is 0.158 e. The minimum atomic E-state index is 0.599. The summed E-state index contributed by atoms with van der Waals surface area (Å²) in [5.41, 5.74) is 2.21. The van der Waals surface area contributed by atoms with Crippen LogP contribution in [0.3, 0.4) is 0 Å². The second-order valence-electron chi connectivity index (χ2n) is 4.52. The highest BCUT2D eigenvalue weighted by molar-refractivity contribution is 5.62. The molecule has 1 aliphatic rings. The number of hydrogen-bond acceptors (Lipinski definition) is 3. The van der Waals surface area contributed by atoms with Crippen molar-refractivity contribution in [2.75, 3.05) is 12.4 Å². The molecule has 1 aliphatic carbocycles. The molecule has 1 fully saturated rings. The normalized spacial score (nSPS) is 14.9. The van der Waals surface area contributed by atoms with Gasteiger partial charge in [-0.2, -0.15) is 5.10 Å². The molecule has 0 aliphatic heterocycles. The molecule has 1 aromatic heterocycles. The average molecular weight is 228 g/mol. The number of nitrogens with one attached hydrogen (secondary N) is 1. The third-order valence-corrected chi connectivity index (χ3v) is 3.13. The molecule has 4 nitrogen and oxygen atoms in total. The molecule has 88 valence electrons. The highest BCUT2D eigenvalue weighted by atomic mass is 15.3.